The minimum atomic E-state index is 0.257. The third-order valence-electron chi connectivity index (χ3n) is 5.87. The summed E-state index contributed by atoms with van der Waals surface area (Å²) in [6.45, 7) is 4.26. The Kier molecular flexibility index (Phi) is 5.21. The highest BCUT2D eigenvalue weighted by Gasteiger charge is 2.36. The Morgan fingerprint density at radius 1 is 1.31 bits per heavy atom. The molecule has 0 saturated carbocycles. The van der Waals surface area contributed by atoms with Crippen molar-refractivity contribution in [3.05, 3.63) is 16.8 Å². The summed E-state index contributed by atoms with van der Waals surface area (Å²) in [4.78, 5) is 25.9. The molecule has 0 aliphatic carbocycles. The molecule has 2 fully saturated rings. The molecule has 1 amide bonds. The molecule has 26 heavy (non-hydrogen) atoms. The van der Waals surface area contributed by atoms with Crippen molar-refractivity contribution in [1.82, 2.24) is 20.2 Å². The first-order valence-corrected chi connectivity index (χ1v) is 11.2. The van der Waals surface area contributed by atoms with Crippen LogP contribution in [0.1, 0.15) is 42.5 Å². The van der Waals surface area contributed by atoms with E-state index in [9.17, 15) is 4.79 Å². The smallest absolute Gasteiger partial charge is 0.223 e. The zero-order valence-electron chi connectivity index (χ0n) is 15.6. The zero-order chi connectivity index (χ0) is 18.3. The molecule has 4 heterocycles. The summed E-state index contributed by atoms with van der Waals surface area (Å²) < 4.78 is 0. The van der Waals surface area contributed by atoms with E-state index in [1.165, 1.54) is 23.3 Å². The quantitative estimate of drug-likeness (QED) is 0.625. The second-order valence-corrected chi connectivity index (χ2v) is 9.80. The number of carbonyl (C=O) groups is 1. The summed E-state index contributed by atoms with van der Waals surface area (Å²) >= 11 is 3.40. The van der Waals surface area contributed by atoms with Crippen molar-refractivity contribution in [2.45, 2.75) is 69.1 Å². The molecule has 0 spiro atoms. The molecule has 2 aromatic heterocycles. The van der Waals surface area contributed by atoms with Crippen LogP contribution in [0.3, 0.4) is 0 Å². The van der Waals surface area contributed by atoms with E-state index in [0.717, 1.165) is 33.8 Å². The number of rotatable bonds is 5. The third-order valence-corrected chi connectivity index (χ3v) is 7.98. The Labute approximate surface area is 163 Å². The van der Waals surface area contributed by atoms with Crippen molar-refractivity contribution >= 4 is 39.2 Å². The van der Waals surface area contributed by atoms with E-state index in [0.29, 0.717) is 24.5 Å². The molecule has 2 aliphatic heterocycles. The SMILES string of the molecule is Cc1sc2ncnc(SCCC(=O)N(C)C3CC4CCC(C3)N4)c2c1C. The van der Waals surface area contributed by atoms with E-state index in [1.54, 1.807) is 29.4 Å². The molecule has 7 heteroatoms. The highest BCUT2D eigenvalue weighted by molar-refractivity contribution is 7.99. The minimum Gasteiger partial charge on any atom is -0.343 e. The molecule has 0 aromatic carbocycles. The van der Waals surface area contributed by atoms with Crippen LogP contribution < -0.4 is 5.32 Å². The van der Waals surface area contributed by atoms with Crippen LogP contribution in [0.4, 0.5) is 0 Å². The molecule has 2 aromatic rings. The average molecular weight is 391 g/mol. The number of nitrogens with zero attached hydrogens (tertiary/aromatic N) is 3. The topological polar surface area (TPSA) is 58.1 Å². The van der Waals surface area contributed by atoms with Crippen LogP contribution >= 0.6 is 23.1 Å². The zero-order valence-corrected chi connectivity index (χ0v) is 17.3. The molecule has 2 aliphatic rings. The van der Waals surface area contributed by atoms with Crippen molar-refractivity contribution in [2.75, 3.05) is 12.8 Å². The lowest BCUT2D eigenvalue weighted by atomic mass is 9.98. The maximum absolute atomic E-state index is 12.7. The van der Waals surface area contributed by atoms with Crippen LogP contribution in [-0.4, -0.2) is 51.7 Å². The average Bonchev–Trinajstić information content (AvgIpc) is 3.12. The fourth-order valence-electron chi connectivity index (χ4n) is 4.22. The molecule has 1 N–H and O–H groups in total. The number of fused-ring (bicyclic) bond motifs is 3. The summed E-state index contributed by atoms with van der Waals surface area (Å²) in [6, 6.07) is 1.63. The number of thiophene rings is 1. The van der Waals surface area contributed by atoms with Crippen LogP contribution in [0.25, 0.3) is 10.2 Å². The van der Waals surface area contributed by atoms with Crippen LogP contribution in [-0.2, 0) is 4.79 Å². The molecular weight excluding hydrogens is 364 g/mol. The first-order valence-electron chi connectivity index (χ1n) is 9.38. The fourth-order valence-corrected chi connectivity index (χ4v) is 6.27. The van der Waals surface area contributed by atoms with Gasteiger partial charge in [0.1, 0.15) is 16.2 Å². The van der Waals surface area contributed by atoms with Crippen LogP contribution in [0, 0.1) is 13.8 Å². The lowest BCUT2D eigenvalue weighted by molar-refractivity contribution is -0.132. The third kappa shape index (κ3) is 3.49. The number of aryl methyl sites for hydroxylation is 2. The van der Waals surface area contributed by atoms with Gasteiger partial charge in [-0.3, -0.25) is 4.79 Å². The molecule has 5 nitrogen and oxygen atoms in total. The first kappa shape index (κ1) is 18.2. The van der Waals surface area contributed by atoms with Crippen molar-refractivity contribution in [3.8, 4) is 0 Å². The van der Waals surface area contributed by atoms with Gasteiger partial charge in [-0.2, -0.15) is 0 Å². The van der Waals surface area contributed by atoms with Gasteiger partial charge in [0.2, 0.25) is 5.91 Å². The second-order valence-electron chi connectivity index (χ2n) is 7.51. The van der Waals surface area contributed by atoms with Gasteiger partial charge in [-0.15, -0.1) is 23.1 Å². The lowest BCUT2D eigenvalue weighted by Gasteiger charge is -2.35. The Morgan fingerprint density at radius 3 is 2.77 bits per heavy atom. The molecule has 2 bridgehead atoms. The number of aromatic nitrogens is 2. The van der Waals surface area contributed by atoms with Gasteiger partial charge >= 0.3 is 0 Å². The van der Waals surface area contributed by atoms with Crippen molar-refractivity contribution in [3.63, 3.8) is 0 Å². The van der Waals surface area contributed by atoms with Gasteiger partial charge in [-0.1, -0.05) is 0 Å². The minimum absolute atomic E-state index is 0.257. The summed E-state index contributed by atoms with van der Waals surface area (Å²) in [6.07, 6.45) is 6.94. The molecule has 2 saturated heterocycles. The number of nitrogens with one attached hydrogen (secondary N) is 1. The summed E-state index contributed by atoms with van der Waals surface area (Å²) in [5, 5.41) is 5.82. The highest BCUT2D eigenvalue weighted by Crippen LogP contribution is 2.35. The van der Waals surface area contributed by atoms with Gasteiger partial charge in [-0.25, -0.2) is 9.97 Å². The Bertz CT molecular complexity index is 809. The second kappa shape index (κ2) is 7.44. The van der Waals surface area contributed by atoms with Crippen molar-refractivity contribution < 1.29 is 4.79 Å². The normalized spacial score (nSPS) is 25.0. The molecular formula is C19H26N4OS2. The predicted molar refractivity (Wildman–Crippen MR) is 108 cm³/mol. The van der Waals surface area contributed by atoms with Gasteiger partial charge in [0.05, 0.1) is 0 Å². The van der Waals surface area contributed by atoms with Gasteiger partial charge in [0, 0.05) is 47.6 Å². The molecule has 2 unspecified atom stereocenters. The molecule has 0 radical (unpaired) electrons. The largest absolute Gasteiger partial charge is 0.343 e. The standard InChI is InChI=1S/C19H26N4OS2/c1-11-12(2)26-19-17(11)18(20-10-21-19)25-7-6-16(24)23(3)15-8-13-4-5-14(9-15)22-13/h10,13-15,22H,4-9H2,1-3H3. The number of thioether (sulfide) groups is 1. The highest BCUT2D eigenvalue weighted by atomic mass is 32.2. The van der Waals surface area contributed by atoms with E-state index in [4.69, 9.17) is 0 Å². The molecule has 140 valence electrons. The number of hydrogen-bond donors (Lipinski definition) is 1. The van der Waals surface area contributed by atoms with E-state index in [1.807, 2.05) is 11.9 Å². The monoisotopic (exact) mass is 390 g/mol. The fraction of sp³-hybridized carbons (Fsp3) is 0.632. The summed E-state index contributed by atoms with van der Waals surface area (Å²) in [5.74, 6) is 1.02. The summed E-state index contributed by atoms with van der Waals surface area (Å²) in [5.41, 5.74) is 1.27. The maximum Gasteiger partial charge on any atom is 0.223 e. The maximum atomic E-state index is 12.7. The predicted octanol–water partition coefficient (Wildman–Crippen LogP) is 3.53. The van der Waals surface area contributed by atoms with E-state index in [-0.39, 0.29) is 5.91 Å². The van der Waals surface area contributed by atoms with Crippen molar-refractivity contribution in [1.29, 1.82) is 0 Å². The Balaban J connectivity index is 1.35. The number of amides is 1. The van der Waals surface area contributed by atoms with E-state index in [2.05, 4.69) is 29.1 Å². The Hall–Kier alpha value is -1.18. The molecule has 4 rings (SSSR count). The van der Waals surface area contributed by atoms with E-state index < -0.39 is 0 Å². The van der Waals surface area contributed by atoms with Gasteiger partial charge in [-0.05, 0) is 45.1 Å². The number of hydrogen-bond acceptors (Lipinski definition) is 6. The first-order chi connectivity index (χ1) is 12.5. The number of piperidine rings is 1. The van der Waals surface area contributed by atoms with Gasteiger partial charge < -0.3 is 10.2 Å². The van der Waals surface area contributed by atoms with Gasteiger partial charge in [0.25, 0.3) is 0 Å². The van der Waals surface area contributed by atoms with Crippen LogP contribution in [0.15, 0.2) is 11.4 Å². The Morgan fingerprint density at radius 2 is 2.04 bits per heavy atom. The van der Waals surface area contributed by atoms with Crippen LogP contribution in [0.5, 0.6) is 0 Å². The van der Waals surface area contributed by atoms with E-state index >= 15 is 0 Å². The van der Waals surface area contributed by atoms with Crippen molar-refractivity contribution in [2.24, 2.45) is 0 Å². The van der Waals surface area contributed by atoms with Gasteiger partial charge in [0.15, 0.2) is 0 Å². The number of carbonyl (C=O) groups excluding carboxylic acids is 1. The van der Waals surface area contributed by atoms with Crippen LogP contribution in [0.2, 0.25) is 0 Å². The molecule has 2 atom stereocenters. The summed E-state index contributed by atoms with van der Waals surface area (Å²) in [7, 11) is 1.98. The lowest BCUT2D eigenvalue weighted by Crippen LogP contribution is -2.48.